The molecule has 0 radical (unpaired) electrons. The first kappa shape index (κ1) is 19.3. The molecule has 0 unspecified atom stereocenters. The van der Waals surface area contributed by atoms with Crippen molar-refractivity contribution in [2.45, 2.75) is 40.5 Å². The molecule has 0 aliphatic carbocycles. The van der Waals surface area contributed by atoms with Crippen LogP contribution in [0.1, 0.15) is 37.0 Å². The first-order chi connectivity index (χ1) is 11.8. The van der Waals surface area contributed by atoms with Gasteiger partial charge in [-0.15, -0.1) is 0 Å². The van der Waals surface area contributed by atoms with Crippen LogP contribution in [0.3, 0.4) is 0 Å². The highest BCUT2D eigenvalue weighted by atomic mass is 16.5. The minimum atomic E-state index is 0.0949. The lowest BCUT2D eigenvalue weighted by Crippen LogP contribution is -2.51. The molecule has 1 heterocycles. The van der Waals surface area contributed by atoms with Gasteiger partial charge < -0.3 is 14.5 Å². The molecule has 1 aromatic rings. The Labute approximate surface area is 150 Å². The molecule has 1 saturated heterocycles. The molecule has 1 aliphatic heterocycles. The number of aryl methyl sites for hydroxylation is 2. The molecule has 2 rings (SSSR count). The lowest BCUT2D eigenvalue weighted by atomic mass is 10.0. The molecule has 0 spiro atoms. The highest BCUT2D eigenvalue weighted by molar-refractivity contribution is 5.81. The maximum atomic E-state index is 12.7. The molecule has 5 heteroatoms. The lowest BCUT2D eigenvalue weighted by Gasteiger charge is -2.35. The Morgan fingerprint density at radius 3 is 2.04 bits per heavy atom. The standard InChI is InChI=1S/C20H30N2O3/c1-14(2)10-19(23)21-6-8-22(9-7-21)20(24)13-17-11-15(3)16(4)12-18(17)25-5/h11-12,14H,6-10,13H2,1-5H3. The van der Waals surface area contributed by atoms with Gasteiger partial charge in [-0.25, -0.2) is 0 Å². The number of carbonyl (C=O) groups is 2. The van der Waals surface area contributed by atoms with E-state index in [-0.39, 0.29) is 11.8 Å². The zero-order valence-corrected chi connectivity index (χ0v) is 16.1. The Hall–Kier alpha value is -2.04. The van der Waals surface area contributed by atoms with Crippen molar-refractivity contribution in [2.24, 2.45) is 5.92 Å². The summed E-state index contributed by atoms with van der Waals surface area (Å²) in [7, 11) is 1.64. The second-order valence-electron chi connectivity index (χ2n) is 7.28. The van der Waals surface area contributed by atoms with Crippen molar-refractivity contribution in [3.63, 3.8) is 0 Å². The summed E-state index contributed by atoms with van der Waals surface area (Å²) in [6, 6.07) is 4.02. The molecule has 1 aliphatic rings. The fourth-order valence-corrected chi connectivity index (χ4v) is 3.14. The summed E-state index contributed by atoms with van der Waals surface area (Å²) in [4.78, 5) is 28.5. The Balaban J connectivity index is 1.95. The first-order valence-corrected chi connectivity index (χ1v) is 9.01. The van der Waals surface area contributed by atoms with E-state index in [0.29, 0.717) is 44.9 Å². The minimum absolute atomic E-state index is 0.0949. The lowest BCUT2D eigenvalue weighted by molar-refractivity contribution is -0.139. The second kappa shape index (κ2) is 8.37. The SMILES string of the molecule is COc1cc(C)c(C)cc1CC(=O)N1CCN(C(=O)CC(C)C)CC1. The van der Waals surface area contributed by atoms with Crippen LogP contribution in [0, 0.1) is 19.8 Å². The molecular weight excluding hydrogens is 316 g/mol. The number of piperazine rings is 1. The van der Waals surface area contributed by atoms with E-state index in [0.717, 1.165) is 22.4 Å². The van der Waals surface area contributed by atoms with Gasteiger partial charge in [-0.3, -0.25) is 9.59 Å². The molecule has 5 nitrogen and oxygen atoms in total. The van der Waals surface area contributed by atoms with Crippen LogP contribution in [0.15, 0.2) is 12.1 Å². The Morgan fingerprint density at radius 1 is 1.00 bits per heavy atom. The normalized spacial score (nSPS) is 14.8. The highest BCUT2D eigenvalue weighted by Gasteiger charge is 2.25. The van der Waals surface area contributed by atoms with E-state index in [9.17, 15) is 9.59 Å². The molecule has 25 heavy (non-hydrogen) atoms. The summed E-state index contributed by atoms with van der Waals surface area (Å²) in [5.41, 5.74) is 3.24. The first-order valence-electron chi connectivity index (χ1n) is 9.01. The molecule has 0 aromatic heterocycles. The number of hydrogen-bond acceptors (Lipinski definition) is 3. The van der Waals surface area contributed by atoms with Gasteiger partial charge in [0.2, 0.25) is 11.8 Å². The summed E-state index contributed by atoms with van der Waals surface area (Å²) in [6.07, 6.45) is 0.915. The van der Waals surface area contributed by atoms with Gasteiger partial charge >= 0.3 is 0 Å². The predicted molar refractivity (Wildman–Crippen MR) is 98.8 cm³/mol. The number of methoxy groups -OCH3 is 1. The molecule has 0 bridgehead atoms. The maximum Gasteiger partial charge on any atom is 0.227 e. The topological polar surface area (TPSA) is 49.9 Å². The molecule has 1 aromatic carbocycles. The molecule has 1 fully saturated rings. The highest BCUT2D eigenvalue weighted by Crippen LogP contribution is 2.24. The van der Waals surface area contributed by atoms with Crippen molar-refractivity contribution in [1.29, 1.82) is 0 Å². The number of hydrogen-bond donors (Lipinski definition) is 0. The van der Waals surface area contributed by atoms with E-state index in [4.69, 9.17) is 4.74 Å². The monoisotopic (exact) mass is 346 g/mol. The Kier molecular flexibility index (Phi) is 6.45. The van der Waals surface area contributed by atoms with Crippen molar-refractivity contribution in [1.82, 2.24) is 9.80 Å². The van der Waals surface area contributed by atoms with Crippen LogP contribution < -0.4 is 4.74 Å². The van der Waals surface area contributed by atoms with Gasteiger partial charge in [0.1, 0.15) is 5.75 Å². The summed E-state index contributed by atoms with van der Waals surface area (Å²) < 4.78 is 5.43. The molecule has 2 amide bonds. The van der Waals surface area contributed by atoms with Gasteiger partial charge in [0, 0.05) is 38.2 Å². The molecule has 0 atom stereocenters. The van der Waals surface area contributed by atoms with Crippen LogP contribution in [0.2, 0.25) is 0 Å². The zero-order chi connectivity index (χ0) is 18.6. The van der Waals surface area contributed by atoms with Crippen molar-refractivity contribution < 1.29 is 14.3 Å². The van der Waals surface area contributed by atoms with Crippen LogP contribution >= 0.6 is 0 Å². The predicted octanol–water partition coefficient (Wildman–Crippen LogP) is 2.57. The quantitative estimate of drug-likeness (QED) is 0.823. The number of carbonyl (C=O) groups excluding carboxylic acids is 2. The van der Waals surface area contributed by atoms with E-state index < -0.39 is 0 Å². The molecule has 138 valence electrons. The second-order valence-corrected chi connectivity index (χ2v) is 7.28. The summed E-state index contributed by atoms with van der Waals surface area (Å²) in [5.74, 6) is 1.42. The van der Waals surface area contributed by atoms with Crippen LogP contribution in [0.25, 0.3) is 0 Å². The van der Waals surface area contributed by atoms with Crippen LogP contribution in [-0.4, -0.2) is 54.9 Å². The van der Waals surface area contributed by atoms with E-state index in [2.05, 4.69) is 13.8 Å². The number of ether oxygens (including phenoxy) is 1. The number of benzene rings is 1. The number of nitrogens with zero attached hydrogens (tertiary/aromatic N) is 2. The third-order valence-electron chi connectivity index (χ3n) is 4.81. The number of rotatable bonds is 5. The average Bonchev–Trinajstić information content (AvgIpc) is 2.57. The van der Waals surface area contributed by atoms with Gasteiger partial charge in [-0.1, -0.05) is 19.9 Å². The van der Waals surface area contributed by atoms with E-state index >= 15 is 0 Å². The molecule has 0 N–H and O–H groups in total. The Bertz CT molecular complexity index is 632. The maximum absolute atomic E-state index is 12.7. The summed E-state index contributed by atoms with van der Waals surface area (Å²) in [5, 5.41) is 0. The van der Waals surface area contributed by atoms with Gasteiger partial charge in [0.15, 0.2) is 0 Å². The van der Waals surface area contributed by atoms with Gasteiger partial charge in [-0.2, -0.15) is 0 Å². The smallest absolute Gasteiger partial charge is 0.227 e. The van der Waals surface area contributed by atoms with Crippen LogP contribution in [0.5, 0.6) is 5.75 Å². The third-order valence-corrected chi connectivity index (χ3v) is 4.81. The summed E-state index contributed by atoms with van der Waals surface area (Å²) in [6.45, 7) is 10.6. The summed E-state index contributed by atoms with van der Waals surface area (Å²) >= 11 is 0. The molecular formula is C20H30N2O3. The van der Waals surface area contributed by atoms with Crippen molar-refractivity contribution >= 4 is 11.8 Å². The van der Waals surface area contributed by atoms with Crippen molar-refractivity contribution in [3.8, 4) is 5.75 Å². The minimum Gasteiger partial charge on any atom is -0.496 e. The fourth-order valence-electron chi connectivity index (χ4n) is 3.14. The Morgan fingerprint density at radius 2 is 1.52 bits per heavy atom. The van der Waals surface area contributed by atoms with E-state index in [1.807, 2.05) is 35.8 Å². The average molecular weight is 346 g/mol. The van der Waals surface area contributed by atoms with E-state index in [1.165, 1.54) is 0 Å². The van der Waals surface area contributed by atoms with Crippen molar-refractivity contribution in [3.05, 3.63) is 28.8 Å². The van der Waals surface area contributed by atoms with Gasteiger partial charge in [0.05, 0.1) is 13.5 Å². The largest absolute Gasteiger partial charge is 0.496 e. The third kappa shape index (κ3) is 4.97. The zero-order valence-electron chi connectivity index (χ0n) is 16.1. The number of amides is 2. The molecule has 0 saturated carbocycles. The van der Waals surface area contributed by atoms with Crippen LogP contribution in [-0.2, 0) is 16.0 Å². The fraction of sp³-hybridized carbons (Fsp3) is 0.600. The van der Waals surface area contributed by atoms with Crippen molar-refractivity contribution in [2.75, 3.05) is 33.3 Å². The van der Waals surface area contributed by atoms with Gasteiger partial charge in [-0.05, 0) is 37.0 Å². The van der Waals surface area contributed by atoms with E-state index in [1.54, 1.807) is 7.11 Å². The van der Waals surface area contributed by atoms with Gasteiger partial charge in [0.25, 0.3) is 0 Å². The van der Waals surface area contributed by atoms with Crippen LogP contribution in [0.4, 0.5) is 0 Å².